The summed E-state index contributed by atoms with van der Waals surface area (Å²) in [4.78, 5) is 25.8. The van der Waals surface area contributed by atoms with E-state index in [2.05, 4.69) is 10.2 Å². The number of halogens is 1. The predicted octanol–water partition coefficient (Wildman–Crippen LogP) is 2.81. The molecule has 1 aliphatic heterocycles. The molecule has 2 aromatic carbocycles. The van der Waals surface area contributed by atoms with Crippen LogP contribution >= 0.6 is 0 Å². The molecule has 0 aromatic heterocycles. The van der Waals surface area contributed by atoms with Gasteiger partial charge in [-0.25, -0.2) is 4.39 Å². The summed E-state index contributed by atoms with van der Waals surface area (Å²) in [6, 6.07) is 13.5. The number of nitrogens with one attached hydrogen (secondary N) is 1. The van der Waals surface area contributed by atoms with Gasteiger partial charge in [-0.3, -0.25) is 9.59 Å². The Morgan fingerprint density at radius 1 is 1.14 bits per heavy atom. The summed E-state index contributed by atoms with van der Waals surface area (Å²) >= 11 is 0. The van der Waals surface area contributed by atoms with Crippen LogP contribution in [0.4, 0.5) is 4.39 Å². The van der Waals surface area contributed by atoms with Crippen molar-refractivity contribution in [2.75, 3.05) is 26.2 Å². The van der Waals surface area contributed by atoms with Crippen molar-refractivity contribution in [1.29, 1.82) is 0 Å². The largest absolute Gasteiger partial charge is 0.369 e. The highest BCUT2D eigenvalue weighted by Crippen LogP contribution is 2.22. The van der Waals surface area contributed by atoms with Gasteiger partial charge in [0, 0.05) is 24.2 Å². The molecule has 6 heteroatoms. The van der Waals surface area contributed by atoms with E-state index in [1.165, 1.54) is 6.07 Å². The average molecular weight is 383 g/mol. The average Bonchev–Trinajstić information content (AvgIpc) is 2.72. The lowest BCUT2D eigenvalue weighted by molar-refractivity contribution is -0.123. The number of likely N-dealkylation sites (tertiary alicyclic amines) is 1. The van der Waals surface area contributed by atoms with Gasteiger partial charge in [0.25, 0.3) is 5.91 Å². The maximum atomic E-state index is 13.9. The summed E-state index contributed by atoms with van der Waals surface area (Å²) in [5.74, 6) is -0.710. The maximum absolute atomic E-state index is 13.9. The predicted molar refractivity (Wildman–Crippen MR) is 107 cm³/mol. The molecule has 1 fully saturated rings. The minimum atomic E-state index is -0.281. The molecule has 2 amide bonds. The van der Waals surface area contributed by atoms with Crippen LogP contribution in [-0.2, 0) is 4.79 Å². The number of hydrogen-bond acceptors (Lipinski definition) is 3. The van der Waals surface area contributed by atoms with Gasteiger partial charge in [0.2, 0.25) is 5.91 Å². The van der Waals surface area contributed by atoms with E-state index < -0.39 is 0 Å². The van der Waals surface area contributed by atoms with E-state index in [1.54, 1.807) is 42.5 Å². The molecule has 1 atom stereocenters. The zero-order chi connectivity index (χ0) is 19.9. The molecule has 0 radical (unpaired) electrons. The van der Waals surface area contributed by atoms with Crippen LogP contribution in [0.1, 0.15) is 29.6 Å². The first kappa shape index (κ1) is 20.0. The van der Waals surface area contributed by atoms with Gasteiger partial charge < -0.3 is 16.0 Å². The normalized spacial score (nSPS) is 17.2. The Kier molecular flexibility index (Phi) is 6.76. The van der Waals surface area contributed by atoms with Crippen LogP contribution in [-0.4, -0.2) is 42.9 Å². The molecule has 1 heterocycles. The van der Waals surface area contributed by atoms with E-state index in [-0.39, 0.29) is 23.5 Å². The number of amides is 2. The van der Waals surface area contributed by atoms with Crippen LogP contribution in [0.15, 0.2) is 48.5 Å². The molecule has 1 saturated heterocycles. The SMILES string of the molecule is NC(=O)[C@@H]1CCCN(CCCNC(=O)c2ccc(-c3ccccc3F)cc2)C1. The van der Waals surface area contributed by atoms with Gasteiger partial charge in [-0.2, -0.15) is 0 Å². The number of primary amides is 1. The number of hydrogen-bond donors (Lipinski definition) is 2. The Labute approximate surface area is 164 Å². The van der Waals surface area contributed by atoms with Crippen molar-refractivity contribution >= 4 is 11.8 Å². The quantitative estimate of drug-likeness (QED) is 0.722. The topological polar surface area (TPSA) is 75.4 Å². The maximum Gasteiger partial charge on any atom is 0.251 e. The van der Waals surface area contributed by atoms with E-state index in [0.29, 0.717) is 24.2 Å². The molecule has 0 bridgehead atoms. The molecular formula is C22H26FN3O2. The van der Waals surface area contributed by atoms with Gasteiger partial charge >= 0.3 is 0 Å². The van der Waals surface area contributed by atoms with Crippen molar-refractivity contribution in [2.24, 2.45) is 11.7 Å². The fourth-order valence-electron chi connectivity index (χ4n) is 3.59. The summed E-state index contributed by atoms with van der Waals surface area (Å²) in [5.41, 5.74) is 7.21. The Bertz CT molecular complexity index is 823. The highest BCUT2D eigenvalue weighted by atomic mass is 19.1. The van der Waals surface area contributed by atoms with Gasteiger partial charge in [0.1, 0.15) is 5.82 Å². The fraction of sp³-hybridized carbons (Fsp3) is 0.364. The highest BCUT2D eigenvalue weighted by Gasteiger charge is 2.23. The summed E-state index contributed by atoms with van der Waals surface area (Å²) in [6.45, 7) is 3.07. The van der Waals surface area contributed by atoms with Crippen LogP contribution in [0.2, 0.25) is 0 Å². The van der Waals surface area contributed by atoms with Crippen molar-refractivity contribution in [3.8, 4) is 11.1 Å². The van der Waals surface area contributed by atoms with Crippen LogP contribution in [0.25, 0.3) is 11.1 Å². The lowest BCUT2D eigenvalue weighted by atomic mass is 9.97. The molecule has 5 nitrogen and oxygen atoms in total. The molecule has 0 saturated carbocycles. The third-order valence-electron chi connectivity index (χ3n) is 5.18. The number of carbonyl (C=O) groups excluding carboxylic acids is 2. The standard InChI is InChI=1S/C22H26FN3O2/c23-20-7-2-1-6-19(20)16-8-10-17(11-9-16)22(28)25-12-4-14-26-13-3-5-18(15-26)21(24)27/h1-2,6-11,18H,3-5,12-15H2,(H2,24,27)(H,25,28)/t18-/m1/s1. The molecule has 148 valence electrons. The summed E-state index contributed by atoms with van der Waals surface area (Å²) in [6.07, 6.45) is 2.66. The summed E-state index contributed by atoms with van der Waals surface area (Å²) in [5, 5.41) is 2.91. The number of nitrogens with two attached hydrogens (primary N) is 1. The van der Waals surface area contributed by atoms with E-state index in [0.717, 1.165) is 37.9 Å². The molecule has 0 spiro atoms. The van der Waals surface area contributed by atoms with Crippen molar-refractivity contribution in [2.45, 2.75) is 19.3 Å². The highest BCUT2D eigenvalue weighted by molar-refractivity contribution is 5.94. The Morgan fingerprint density at radius 3 is 2.61 bits per heavy atom. The second-order valence-corrected chi connectivity index (χ2v) is 7.21. The first-order chi connectivity index (χ1) is 13.5. The molecule has 3 N–H and O–H groups in total. The van der Waals surface area contributed by atoms with Crippen molar-refractivity contribution in [3.63, 3.8) is 0 Å². The summed E-state index contributed by atoms with van der Waals surface area (Å²) in [7, 11) is 0. The number of benzene rings is 2. The van der Waals surface area contributed by atoms with Crippen molar-refractivity contribution < 1.29 is 14.0 Å². The molecule has 2 aromatic rings. The monoisotopic (exact) mass is 383 g/mol. The van der Waals surface area contributed by atoms with Gasteiger partial charge in [-0.15, -0.1) is 0 Å². The van der Waals surface area contributed by atoms with Crippen LogP contribution in [0.3, 0.4) is 0 Å². The second kappa shape index (κ2) is 9.46. The smallest absolute Gasteiger partial charge is 0.251 e. The number of rotatable bonds is 7. The molecule has 3 rings (SSSR count). The zero-order valence-electron chi connectivity index (χ0n) is 15.9. The molecule has 0 aliphatic carbocycles. The van der Waals surface area contributed by atoms with E-state index in [9.17, 15) is 14.0 Å². The summed E-state index contributed by atoms with van der Waals surface area (Å²) < 4.78 is 13.9. The third-order valence-corrected chi connectivity index (χ3v) is 5.18. The van der Waals surface area contributed by atoms with Crippen LogP contribution in [0.5, 0.6) is 0 Å². The van der Waals surface area contributed by atoms with Crippen LogP contribution in [0, 0.1) is 11.7 Å². The molecule has 1 aliphatic rings. The van der Waals surface area contributed by atoms with E-state index >= 15 is 0 Å². The van der Waals surface area contributed by atoms with Gasteiger partial charge in [0.15, 0.2) is 0 Å². The Morgan fingerprint density at radius 2 is 1.89 bits per heavy atom. The number of carbonyl (C=O) groups is 2. The minimum absolute atomic E-state index is 0.0590. The number of nitrogens with zero attached hydrogens (tertiary/aromatic N) is 1. The Balaban J connectivity index is 1.45. The first-order valence-electron chi connectivity index (χ1n) is 9.69. The van der Waals surface area contributed by atoms with Crippen LogP contribution < -0.4 is 11.1 Å². The van der Waals surface area contributed by atoms with Gasteiger partial charge in [-0.1, -0.05) is 30.3 Å². The lowest BCUT2D eigenvalue weighted by Gasteiger charge is -2.31. The van der Waals surface area contributed by atoms with Gasteiger partial charge in [0.05, 0.1) is 5.92 Å². The van der Waals surface area contributed by atoms with Crippen molar-refractivity contribution in [3.05, 3.63) is 59.9 Å². The third kappa shape index (κ3) is 5.16. The van der Waals surface area contributed by atoms with E-state index in [4.69, 9.17) is 5.73 Å². The molecular weight excluding hydrogens is 357 g/mol. The molecule has 28 heavy (non-hydrogen) atoms. The second-order valence-electron chi connectivity index (χ2n) is 7.21. The minimum Gasteiger partial charge on any atom is -0.369 e. The van der Waals surface area contributed by atoms with Gasteiger partial charge in [-0.05, 0) is 56.1 Å². The number of piperidine rings is 1. The molecule has 0 unspecified atom stereocenters. The first-order valence-corrected chi connectivity index (χ1v) is 9.69. The lowest BCUT2D eigenvalue weighted by Crippen LogP contribution is -2.42. The Hall–Kier alpha value is -2.73. The van der Waals surface area contributed by atoms with E-state index in [1.807, 2.05) is 0 Å². The zero-order valence-corrected chi connectivity index (χ0v) is 15.9. The van der Waals surface area contributed by atoms with Crippen molar-refractivity contribution in [1.82, 2.24) is 10.2 Å². The fourth-order valence-corrected chi connectivity index (χ4v) is 3.59.